The summed E-state index contributed by atoms with van der Waals surface area (Å²) in [7, 11) is 12.4. The Morgan fingerprint density at radius 3 is 0.659 bits per heavy atom. The molecule has 18 aromatic carbocycles. The largest absolute Gasteiger partial charge is 0.327 e. The molecule has 14 heteroatoms. The first-order valence-electron chi connectivity index (χ1n) is 46.5. The summed E-state index contributed by atoms with van der Waals surface area (Å²) in [4.78, 5) is 39.3. The van der Waals surface area contributed by atoms with E-state index in [9.17, 15) is 0 Å². The highest BCUT2D eigenvalue weighted by Gasteiger charge is 2.24. The van der Waals surface area contributed by atoms with Gasteiger partial charge in [-0.25, -0.2) is 29.9 Å². The van der Waals surface area contributed by atoms with Gasteiger partial charge in [-0.1, -0.05) is 315 Å². The lowest BCUT2D eigenvalue weighted by Gasteiger charge is -2.18. The van der Waals surface area contributed by atoms with Crippen molar-refractivity contribution in [3.8, 4) is 158 Å². The summed E-state index contributed by atoms with van der Waals surface area (Å²) >= 11 is 0. The van der Waals surface area contributed by atoms with Gasteiger partial charge in [0, 0.05) is 88.1 Å². The number of hydrogen-bond donors (Lipinski definition) is 0. The fourth-order valence-electron chi connectivity index (χ4n) is 20.3. The maximum absolute atomic E-state index is 5.05. The number of fused-ring (bicyclic) bond motifs is 9. The second-order valence-electron chi connectivity index (χ2n) is 35.3. The molecule has 8 heterocycles. The molecule has 0 aliphatic rings. The van der Waals surface area contributed by atoms with E-state index in [1.165, 1.54) is 99.1 Å². The Morgan fingerprint density at radius 2 is 0.370 bits per heavy atom. The van der Waals surface area contributed by atoms with E-state index in [1.807, 2.05) is 87.2 Å². The number of pyridine rings is 2. The molecule has 0 N–H and O–H groups in total. The molecule has 0 saturated heterocycles. The summed E-state index contributed by atoms with van der Waals surface area (Å²) in [5.74, 6) is 5.57. The third-order valence-corrected chi connectivity index (χ3v) is 27.3. The van der Waals surface area contributed by atoms with Crippen LogP contribution in [0.15, 0.2) is 437 Å². The molecular formula is C124H90N14. The maximum Gasteiger partial charge on any atom is 0.159 e. The molecule has 0 aliphatic carbocycles. The molecule has 656 valence electrons. The van der Waals surface area contributed by atoms with Gasteiger partial charge in [-0.05, 0) is 219 Å². The van der Waals surface area contributed by atoms with Crippen LogP contribution in [0.3, 0.4) is 0 Å². The van der Waals surface area contributed by atoms with Crippen molar-refractivity contribution in [3.63, 3.8) is 0 Å². The van der Waals surface area contributed by atoms with Crippen LogP contribution in [0.25, 0.3) is 256 Å². The van der Waals surface area contributed by atoms with Gasteiger partial charge in [-0.3, -0.25) is 9.97 Å². The zero-order valence-corrected chi connectivity index (χ0v) is 76.8. The molecule has 8 aromatic heterocycles. The Bertz CT molecular complexity index is 8700. The summed E-state index contributed by atoms with van der Waals surface area (Å²) in [5.41, 5.74) is 37.4. The van der Waals surface area contributed by atoms with Crippen molar-refractivity contribution in [1.29, 1.82) is 0 Å². The number of aryl methyl sites for hydroxylation is 6. The number of benzene rings is 18. The number of nitrogens with zero attached hydrogens (tertiary/aromatic N) is 14. The predicted molar refractivity (Wildman–Crippen MR) is 569 cm³/mol. The molecule has 0 unspecified atom stereocenters. The fourth-order valence-corrected chi connectivity index (χ4v) is 20.3. The predicted octanol–water partition coefficient (Wildman–Crippen LogP) is 30.0. The fraction of sp³-hybridized carbons (Fsp3) is 0.0484. The average Bonchev–Trinajstić information content (AvgIpc) is 1.23. The highest BCUT2D eigenvalue weighted by atomic mass is 15.1. The van der Waals surface area contributed by atoms with Crippen LogP contribution in [-0.4, -0.2) is 67.3 Å². The average molecular weight is 1780 g/mol. The van der Waals surface area contributed by atoms with Crippen molar-refractivity contribution in [3.05, 3.63) is 437 Å². The van der Waals surface area contributed by atoms with E-state index < -0.39 is 0 Å². The van der Waals surface area contributed by atoms with E-state index in [2.05, 4.69) is 420 Å². The van der Waals surface area contributed by atoms with Gasteiger partial charge in [0.25, 0.3) is 0 Å². The van der Waals surface area contributed by atoms with E-state index in [1.54, 1.807) is 0 Å². The summed E-state index contributed by atoms with van der Waals surface area (Å²) in [6.07, 6.45) is 3.90. The molecule has 14 nitrogen and oxygen atoms in total. The number of imidazole rings is 6. The van der Waals surface area contributed by atoms with Gasteiger partial charge in [0.1, 0.15) is 34.7 Å². The number of rotatable bonds is 14. The van der Waals surface area contributed by atoms with Crippen LogP contribution >= 0.6 is 0 Å². The first-order valence-corrected chi connectivity index (χ1v) is 46.5. The van der Waals surface area contributed by atoms with Crippen LogP contribution in [0.1, 0.15) is 0 Å². The van der Waals surface area contributed by atoms with Gasteiger partial charge >= 0.3 is 0 Å². The lowest BCUT2D eigenvalue weighted by Crippen LogP contribution is -1.95. The van der Waals surface area contributed by atoms with Crippen molar-refractivity contribution < 1.29 is 0 Å². The molecule has 0 atom stereocenters. The van der Waals surface area contributed by atoms with Crippen molar-refractivity contribution in [1.82, 2.24) is 67.3 Å². The third kappa shape index (κ3) is 14.8. The summed E-state index contributed by atoms with van der Waals surface area (Å²) < 4.78 is 12.9. The first kappa shape index (κ1) is 83.0. The molecule has 0 saturated carbocycles. The molecule has 0 fully saturated rings. The second kappa shape index (κ2) is 34.8. The smallest absolute Gasteiger partial charge is 0.159 e. The van der Waals surface area contributed by atoms with Crippen molar-refractivity contribution in [2.45, 2.75) is 0 Å². The lowest BCUT2D eigenvalue weighted by molar-refractivity contribution is 0.950. The van der Waals surface area contributed by atoms with Gasteiger partial charge in [0.15, 0.2) is 11.6 Å². The molecule has 0 amide bonds. The minimum Gasteiger partial charge on any atom is -0.327 e. The van der Waals surface area contributed by atoms with Crippen molar-refractivity contribution >= 4 is 98.5 Å². The zero-order chi connectivity index (χ0) is 92.6. The molecular weight excluding hydrogens is 1690 g/mol. The van der Waals surface area contributed by atoms with Gasteiger partial charge in [-0.15, -0.1) is 0 Å². The topological polar surface area (TPSA) is 133 Å². The van der Waals surface area contributed by atoms with Crippen LogP contribution in [0.2, 0.25) is 0 Å². The van der Waals surface area contributed by atoms with Crippen LogP contribution < -0.4 is 0 Å². The monoisotopic (exact) mass is 1770 g/mol. The van der Waals surface area contributed by atoms with E-state index in [4.69, 9.17) is 39.9 Å². The van der Waals surface area contributed by atoms with Crippen molar-refractivity contribution in [2.24, 2.45) is 42.3 Å². The Kier molecular flexibility index (Phi) is 20.9. The zero-order valence-electron chi connectivity index (χ0n) is 76.8. The Labute approximate surface area is 797 Å². The maximum atomic E-state index is 5.05. The third-order valence-electron chi connectivity index (χ3n) is 27.3. The van der Waals surface area contributed by atoms with Gasteiger partial charge in [0.2, 0.25) is 0 Å². The molecule has 0 radical (unpaired) electrons. The minimum atomic E-state index is 0.852. The summed E-state index contributed by atoms with van der Waals surface area (Å²) in [5, 5.41) is 7.22. The van der Waals surface area contributed by atoms with E-state index in [0.29, 0.717) is 0 Å². The Balaban J connectivity index is 0.000000114. The van der Waals surface area contributed by atoms with Crippen molar-refractivity contribution in [2.75, 3.05) is 0 Å². The quantitative estimate of drug-likeness (QED) is 0.105. The summed E-state index contributed by atoms with van der Waals surface area (Å²) in [6.45, 7) is 0. The number of para-hydroxylation sites is 12. The van der Waals surface area contributed by atoms with Crippen LogP contribution in [0, 0.1) is 0 Å². The van der Waals surface area contributed by atoms with Crippen LogP contribution in [0.4, 0.5) is 0 Å². The molecule has 138 heavy (non-hydrogen) atoms. The molecule has 0 aliphatic heterocycles. The summed E-state index contributed by atoms with van der Waals surface area (Å²) in [6, 6.07) is 150. The highest BCUT2D eigenvalue weighted by molar-refractivity contribution is 6.10. The Morgan fingerprint density at radius 1 is 0.145 bits per heavy atom. The number of aromatic nitrogens is 14. The molecule has 26 aromatic rings. The first-order chi connectivity index (χ1) is 67.9. The van der Waals surface area contributed by atoms with E-state index in [-0.39, 0.29) is 0 Å². The minimum absolute atomic E-state index is 0.852. The second-order valence-corrected chi connectivity index (χ2v) is 35.3. The molecule has 0 spiro atoms. The standard InChI is InChI=1S/C50H36N4.C38H28N4.C36H26N6/c1-53-47-25-11-9-23-45(47)51-49(53)35-27-29-41(43(31-35)33-15-5-3-6-16-33)39-21-13-20-38-37(39)19-14-22-40(38)42-30-28-36(32-44(42)34-17-7-4-8-18-34)50-52-46-24-10-12-26-48(46)54(50)2;1-41-35-21-5-3-19-33(35)39-37(41)27-13-7-11-25(23-27)29-15-9-18-32-30(16-10-17-31(29)32)26-12-8-14-28(24-26)38-40-34-20-4-6-22-36(34)42(38)2;1-41-33-15-5-3-13-29(33)39-35(41)31-19-17-23(21-37-31)25-9-7-12-28-26(10-8-11-27(25)28)24-18-20-32(38-22-24)36-40-30-14-4-6-16-34(30)42(36)2/h3-32H,1-2H3;3-24H,1-2H3;3-22H,1-2H3. The van der Waals surface area contributed by atoms with Crippen LogP contribution in [-0.2, 0) is 42.3 Å². The van der Waals surface area contributed by atoms with Gasteiger partial charge < -0.3 is 27.4 Å². The van der Waals surface area contributed by atoms with E-state index >= 15 is 0 Å². The lowest BCUT2D eigenvalue weighted by atomic mass is 9.86. The SMILES string of the molecule is Cn1c(-c2ccc(-c3cccc4c(-c5ccc(-c6nc7ccccc7n6C)cc5-c5ccccc5)cccc34)c(-c3ccccc3)c2)nc2ccccc21.Cn1c(-c2ccc(-c3cccc4c(-c5ccc(-c6nc7ccccc7n6C)nc5)cccc34)cn2)nc2ccccc21.Cn1c(-c2cccc(-c3cccc4c(-c5cccc(-c6nc7ccccc7n6C)c5)cccc34)c2)nc2ccccc21. The highest BCUT2D eigenvalue weighted by Crippen LogP contribution is 2.47. The van der Waals surface area contributed by atoms with Gasteiger partial charge in [0.05, 0.1) is 66.2 Å². The number of hydrogen-bond acceptors (Lipinski definition) is 8. The molecule has 26 rings (SSSR count). The van der Waals surface area contributed by atoms with E-state index in [0.717, 1.165) is 157 Å². The molecule has 0 bridgehead atoms. The Hall–Kier alpha value is -18.1. The normalized spacial score (nSPS) is 11.6. The van der Waals surface area contributed by atoms with Crippen LogP contribution in [0.5, 0.6) is 0 Å². The van der Waals surface area contributed by atoms with Gasteiger partial charge in [-0.2, -0.15) is 0 Å².